The summed E-state index contributed by atoms with van der Waals surface area (Å²) in [6, 6.07) is 14.4. The van der Waals surface area contributed by atoms with E-state index in [4.69, 9.17) is 0 Å². The predicted molar refractivity (Wildman–Crippen MR) is 148 cm³/mol. The van der Waals surface area contributed by atoms with Gasteiger partial charge in [0.05, 0.1) is 12.4 Å². The second kappa shape index (κ2) is 16.4. The molecular formula is C30H41F2N3O. The van der Waals surface area contributed by atoms with Crippen LogP contribution in [-0.2, 0) is 17.3 Å². The quantitative estimate of drug-likeness (QED) is 0.235. The van der Waals surface area contributed by atoms with Crippen molar-refractivity contribution in [2.45, 2.75) is 46.6 Å². The number of likely N-dealkylation sites (N-methyl/N-ethyl adjacent to an activating group) is 1. The molecule has 0 unspecified atom stereocenters. The van der Waals surface area contributed by atoms with E-state index >= 15 is 0 Å². The Labute approximate surface area is 216 Å². The van der Waals surface area contributed by atoms with Crippen molar-refractivity contribution in [1.82, 2.24) is 9.80 Å². The van der Waals surface area contributed by atoms with Crippen molar-refractivity contribution in [3.8, 4) is 0 Å². The average Bonchev–Trinajstić information content (AvgIpc) is 2.83. The Kier molecular flexibility index (Phi) is 14.0. The molecule has 0 radical (unpaired) electrons. The number of carbonyl (C=O) groups is 1. The summed E-state index contributed by atoms with van der Waals surface area (Å²) in [5.41, 5.74) is 2.91. The van der Waals surface area contributed by atoms with Gasteiger partial charge in [0.15, 0.2) is 0 Å². The average molecular weight is 498 g/mol. The molecule has 0 aliphatic carbocycles. The summed E-state index contributed by atoms with van der Waals surface area (Å²) in [6.45, 7) is 13.1. The number of halogens is 2. The van der Waals surface area contributed by atoms with Gasteiger partial charge >= 0.3 is 0 Å². The fourth-order valence-corrected chi connectivity index (χ4v) is 3.26. The Morgan fingerprint density at radius 3 is 2.39 bits per heavy atom. The molecule has 0 fully saturated rings. The maximum atomic E-state index is 13.5. The first-order chi connectivity index (χ1) is 17.1. The van der Waals surface area contributed by atoms with Crippen molar-refractivity contribution in [2.24, 2.45) is 0 Å². The summed E-state index contributed by atoms with van der Waals surface area (Å²) in [4.78, 5) is 15.0. The predicted octanol–water partition coefficient (Wildman–Crippen LogP) is 7.15. The van der Waals surface area contributed by atoms with E-state index in [-0.39, 0.29) is 12.1 Å². The van der Waals surface area contributed by atoms with Crippen molar-refractivity contribution in [3.63, 3.8) is 0 Å². The lowest BCUT2D eigenvalue weighted by atomic mass is 10.1. The molecule has 0 spiro atoms. The second-order valence-corrected chi connectivity index (χ2v) is 8.74. The van der Waals surface area contributed by atoms with Gasteiger partial charge in [-0.05, 0) is 51.1 Å². The van der Waals surface area contributed by atoms with Crippen molar-refractivity contribution in [2.75, 3.05) is 32.0 Å². The number of nitrogens with zero attached hydrogens (tertiary/aromatic N) is 2. The van der Waals surface area contributed by atoms with Crippen LogP contribution in [0.5, 0.6) is 0 Å². The third-order valence-corrected chi connectivity index (χ3v) is 5.33. The van der Waals surface area contributed by atoms with Gasteiger partial charge in [-0.25, -0.2) is 8.78 Å². The number of anilines is 1. The number of aldehydes is 1. The minimum absolute atomic E-state index is 0.0154. The highest BCUT2D eigenvalue weighted by Crippen LogP contribution is 2.27. The summed E-state index contributed by atoms with van der Waals surface area (Å²) in [7, 11) is 1.92. The molecule has 2 aromatic rings. The van der Waals surface area contributed by atoms with E-state index in [2.05, 4.69) is 31.0 Å². The highest BCUT2D eigenvalue weighted by Gasteiger charge is 2.24. The van der Waals surface area contributed by atoms with Crippen LogP contribution in [0.25, 0.3) is 0 Å². The number of rotatable bonds is 13. The standard InChI is InChI=1S/C23H29F2N3O.C7H12/c1-18-8-10-22(11-9-18)26-19(2)28(14-15-29)13-12-27(4)17-20-6-5-7-21(16-20)23(3,24)25;1-3-5-7-6-4-2/h5-11,15-16,26H,2,12-14,17H2,1,3-4H3;3,5-7H,4H2,1-2H3/b;5-3-,7-6-. The Bertz CT molecular complexity index is 978. The lowest BCUT2D eigenvalue weighted by Crippen LogP contribution is -2.35. The van der Waals surface area contributed by atoms with Crippen molar-refractivity contribution in [1.29, 1.82) is 0 Å². The van der Waals surface area contributed by atoms with Crippen molar-refractivity contribution >= 4 is 12.0 Å². The van der Waals surface area contributed by atoms with E-state index in [1.807, 2.05) is 73.2 Å². The zero-order valence-electron chi connectivity index (χ0n) is 22.3. The molecule has 0 saturated carbocycles. The van der Waals surface area contributed by atoms with Crippen LogP contribution in [0.2, 0.25) is 0 Å². The highest BCUT2D eigenvalue weighted by atomic mass is 19.3. The monoisotopic (exact) mass is 497 g/mol. The third-order valence-electron chi connectivity index (χ3n) is 5.33. The SMILES string of the molecule is C/C=C\C=C/CC.C=C(Nc1ccc(C)cc1)N(CC=O)CCN(C)Cc1cccc(C(C)(F)F)c1. The number of hydrogen-bond donors (Lipinski definition) is 1. The topological polar surface area (TPSA) is 35.6 Å². The molecular weight excluding hydrogens is 456 g/mol. The first kappa shape index (κ1) is 30.8. The van der Waals surface area contributed by atoms with Crippen LogP contribution in [0.15, 0.2) is 85.2 Å². The summed E-state index contributed by atoms with van der Waals surface area (Å²) in [6.07, 6.45) is 10.2. The van der Waals surface area contributed by atoms with Crippen LogP contribution in [0.3, 0.4) is 0 Å². The largest absolute Gasteiger partial charge is 0.350 e. The van der Waals surface area contributed by atoms with Crippen molar-refractivity contribution < 1.29 is 13.6 Å². The van der Waals surface area contributed by atoms with E-state index in [0.29, 0.717) is 25.5 Å². The van der Waals surface area contributed by atoms with Gasteiger partial charge in [0.1, 0.15) is 6.29 Å². The normalized spacial score (nSPS) is 11.4. The Hall–Kier alpha value is -3.25. The molecule has 0 bridgehead atoms. The summed E-state index contributed by atoms with van der Waals surface area (Å²) in [5.74, 6) is -2.21. The molecule has 0 atom stereocenters. The highest BCUT2D eigenvalue weighted by molar-refractivity contribution is 5.54. The summed E-state index contributed by atoms with van der Waals surface area (Å²) in [5, 5.41) is 3.22. The number of carbonyl (C=O) groups excluding carboxylic acids is 1. The third kappa shape index (κ3) is 12.5. The van der Waals surface area contributed by atoms with Gasteiger partial charge in [0.2, 0.25) is 0 Å². The fraction of sp³-hybridized carbons (Fsp3) is 0.367. The van der Waals surface area contributed by atoms with Crippen LogP contribution in [0.1, 0.15) is 43.9 Å². The van der Waals surface area contributed by atoms with E-state index in [1.54, 1.807) is 6.07 Å². The molecule has 0 amide bonds. The van der Waals surface area contributed by atoms with Gasteiger partial charge in [-0.1, -0.05) is 73.7 Å². The van der Waals surface area contributed by atoms with Gasteiger partial charge in [-0.2, -0.15) is 0 Å². The number of allylic oxidation sites excluding steroid dienone is 4. The van der Waals surface area contributed by atoms with Gasteiger partial charge in [0, 0.05) is 37.8 Å². The molecule has 2 aromatic carbocycles. The first-order valence-corrected chi connectivity index (χ1v) is 12.3. The van der Waals surface area contributed by atoms with Crippen LogP contribution in [-0.4, -0.2) is 42.8 Å². The molecule has 1 N–H and O–H groups in total. The summed E-state index contributed by atoms with van der Waals surface area (Å²) >= 11 is 0. The molecule has 2 rings (SSSR count). The molecule has 6 heteroatoms. The summed E-state index contributed by atoms with van der Waals surface area (Å²) < 4.78 is 27.1. The van der Waals surface area contributed by atoms with Gasteiger partial charge in [-0.15, -0.1) is 0 Å². The van der Waals surface area contributed by atoms with Crippen LogP contribution >= 0.6 is 0 Å². The van der Waals surface area contributed by atoms with Gasteiger partial charge < -0.3 is 19.9 Å². The van der Waals surface area contributed by atoms with Gasteiger partial charge in [0.25, 0.3) is 5.92 Å². The first-order valence-electron chi connectivity index (χ1n) is 12.3. The van der Waals surface area contributed by atoms with Crippen LogP contribution < -0.4 is 5.32 Å². The second-order valence-electron chi connectivity index (χ2n) is 8.74. The minimum atomic E-state index is -2.85. The van der Waals surface area contributed by atoms with Crippen LogP contribution in [0, 0.1) is 6.92 Å². The molecule has 0 aliphatic rings. The number of nitrogens with one attached hydrogen (secondary N) is 1. The zero-order chi connectivity index (χ0) is 27.0. The molecule has 196 valence electrons. The number of hydrogen-bond acceptors (Lipinski definition) is 4. The molecule has 36 heavy (non-hydrogen) atoms. The van der Waals surface area contributed by atoms with Crippen LogP contribution in [0.4, 0.5) is 14.5 Å². The number of aryl methyl sites for hydroxylation is 1. The lowest BCUT2D eigenvalue weighted by Gasteiger charge is -2.28. The van der Waals surface area contributed by atoms with E-state index < -0.39 is 5.92 Å². The van der Waals surface area contributed by atoms with E-state index in [0.717, 1.165) is 36.4 Å². The lowest BCUT2D eigenvalue weighted by molar-refractivity contribution is -0.108. The molecule has 0 saturated heterocycles. The van der Waals surface area contributed by atoms with E-state index in [9.17, 15) is 13.6 Å². The Morgan fingerprint density at radius 1 is 1.11 bits per heavy atom. The Morgan fingerprint density at radius 2 is 1.81 bits per heavy atom. The molecule has 4 nitrogen and oxygen atoms in total. The number of alkyl halides is 2. The fourth-order valence-electron chi connectivity index (χ4n) is 3.26. The maximum Gasteiger partial charge on any atom is 0.270 e. The van der Waals surface area contributed by atoms with Gasteiger partial charge in [-0.3, -0.25) is 0 Å². The molecule has 0 aliphatic heterocycles. The van der Waals surface area contributed by atoms with Crippen molar-refractivity contribution in [3.05, 3.63) is 102 Å². The molecule has 0 aromatic heterocycles. The molecule has 0 heterocycles. The van der Waals surface area contributed by atoms with E-state index in [1.165, 1.54) is 12.1 Å². The smallest absolute Gasteiger partial charge is 0.270 e. The maximum absolute atomic E-state index is 13.5. The Balaban J connectivity index is 0.000000809. The zero-order valence-corrected chi connectivity index (χ0v) is 22.3. The number of benzene rings is 2. The minimum Gasteiger partial charge on any atom is -0.350 e.